The average molecular weight is 481 g/mol. The minimum absolute atomic E-state index is 0.0592. The molecule has 4 aliphatic carbocycles. The van der Waals surface area contributed by atoms with E-state index in [4.69, 9.17) is 11.2 Å². The van der Waals surface area contributed by atoms with Crippen molar-refractivity contribution in [3.05, 3.63) is 11.6 Å². The number of rotatable bonds is 9. The van der Waals surface area contributed by atoms with E-state index in [1.54, 1.807) is 5.57 Å². The number of hydrogen-bond acceptors (Lipinski definition) is 2. The van der Waals surface area contributed by atoms with Gasteiger partial charge in [-0.2, -0.15) is 0 Å². The molecule has 2 nitrogen and oxygen atoms in total. The fraction of sp³-hybridized carbons (Fsp3) is 0.848. The summed E-state index contributed by atoms with van der Waals surface area (Å²) < 4.78 is 5.89. The maximum Gasteiger partial charge on any atom is 0.306 e. The second-order valence-electron chi connectivity index (χ2n) is 13.7. The number of esters is 1. The van der Waals surface area contributed by atoms with Crippen LogP contribution in [-0.4, -0.2) is 12.1 Å². The summed E-state index contributed by atoms with van der Waals surface area (Å²) >= 11 is 0. The molecule has 2 heteroatoms. The number of fused-ring (bicyclic) bond motifs is 5. The normalized spacial score (nSPS) is 39.1. The summed E-state index contributed by atoms with van der Waals surface area (Å²) in [5, 5.41) is 0. The minimum atomic E-state index is -0.0592. The summed E-state index contributed by atoms with van der Waals surface area (Å²) in [7, 11) is 0. The second-order valence-corrected chi connectivity index (χ2v) is 13.7. The van der Waals surface area contributed by atoms with Gasteiger partial charge in [0.1, 0.15) is 6.10 Å². The summed E-state index contributed by atoms with van der Waals surface area (Å²) in [6.45, 7) is 12.5. The second kappa shape index (κ2) is 11.0. The van der Waals surface area contributed by atoms with Gasteiger partial charge in [0.2, 0.25) is 0 Å². The average Bonchev–Trinajstić information content (AvgIpc) is 3.16. The fourth-order valence-electron chi connectivity index (χ4n) is 9.33. The van der Waals surface area contributed by atoms with E-state index in [1.807, 2.05) is 0 Å². The first-order valence-corrected chi connectivity index (χ1v) is 15.0. The first kappa shape index (κ1) is 26.8. The molecule has 196 valence electrons. The Hall–Kier alpha value is -1.23. The van der Waals surface area contributed by atoms with Gasteiger partial charge in [-0.3, -0.25) is 4.79 Å². The molecular weight excluding hydrogens is 428 g/mol. The van der Waals surface area contributed by atoms with Crippen molar-refractivity contribution < 1.29 is 9.53 Å². The number of carbonyl (C=O) groups is 1. The van der Waals surface area contributed by atoms with Crippen molar-refractivity contribution in [2.75, 3.05) is 0 Å². The van der Waals surface area contributed by atoms with Crippen LogP contribution in [0.15, 0.2) is 11.6 Å². The largest absolute Gasteiger partial charge is 0.462 e. The fourth-order valence-corrected chi connectivity index (χ4v) is 9.33. The zero-order valence-corrected chi connectivity index (χ0v) is 23.4. The predicted octanol–water partition coefficient (Wildman–Crippen LogP) is 8.74. The van der Waals surface area contributed by atoms with E-state index >= 15 is 0 Å². The van der Waals surface area contributed by atoms with Gasteiger partial charge in [0.15, 0.2) is 0 Å². The monoisotopic (exact) mass is 480 g/mol. The molecule has 3 saturated carbocycles. The van der Waals surface area contributed by atoms with Crippen molar-refractivity contribution in [2.45, 2.75) is 131 Å². The molecule has 0 bridgehead atoms. The van der Waals surface area contributed by atoms with Gasteiger partial charge in [0, 0.05) is 19.3 Å². The molecule has 0 spiro atoms. The number of unbranched alkanes of at least 4 members (excludes halogenated alkanes) is 1. The molecular formula is C33H52O2. The lowest BCUT2D eigenvalue weighted by Crippen LogP contribution is -2.51. The Morgan fingerprint density at radius 2 is 1.89 bits per heavy atom. The lowest BCUT2D eigenvalue weighted by molar-refractivity contribution is -0.151. The summed E-state index contributed by atoms with van der Waals surface area (Å²) in [4.78, 5) is 12.3. The third-order valence-corrected chi connectivity index (χ3v) is 11.3. The predicted molar refractivity (Wildman–Crippen MR) is 146 cm³/mol. The topological polar surface area (TPSA) is 26.3 Å². The number of hydrogen-bond donors (Lipinski definition) is 0. The SMILES string of the molecule is C#CCCCC(=O)OC1CC[C@@]2(C)C(=CCC3C2CC[C@@]2(C)C3CC[C@@H]2[C@H](C)CCCC(C)C)C1. The quantitative estimate of drug-likeness (QED) is 0.143. The van der Waals surface area contributed by atoms with Gasteiger partial charge in [-0.15, -0.1) is 12.3 Å². The van der Waals surface area contributed by atoms with Crippen molar-refractivity contribution in [1.82, 2.24) is 0 Å². The van der Waals surface area contributed by atoms with Crippen LogP contribution < -0.4 is 0 Å². The van der Waals surface area contributed by atoms with Crippen molar-refractivity contribution in [3.8, 4) is 12.3 Å². The highest BCUT2D eigenvalue weighted by atomic mass is 16.5. The van der Waals surface area contributed by atoms with Crippen LogP contribution in [0.1, 0.15) is 125 Å². The van der Waals surface area contributed by atoms with Crippen LogP contribution in [-0.2, 0) is 9.53 Å². The molecule has 4 rings (SSSR count). The Bertz CT molecular complexity index is 817. The number of terminal acetylenes is 1. The van der Waals surface area contributed by atoms with Crippen LogP contribution in [0.5, 0.6) is 0 Å². The van der Waals surface area contributed by atoms with E-state index in [0.717, 1.165) is 54.8 Å². The third kappa shape index (κ3) is 5.40. The Morgan fingerprint density at radius 3 is 2.63 bits per heavy atom. The van der Waals surface area contributed by atoms with Crippen LogP contribution in [0, 0.1) is 58.7 Å². The molecule has 0 saturated heterocycles. The smallest absolute Gasteiger partial charge is 0.306 e. The molecule has 3 fully saturated rings. The van der Waals surface area contributed by atoms with Crippen molar-refractivity contribution in [2.24, 2.45) is 46.3 Å². The van der Waals surface area contributed by atoms with Crippen molar-refractivity contribution in [1.29, 1.82) is 0 Å². The number of carbonyl (C=O) groups excluding carboxylic acids is 1. The van der Waals surface area contributed by atoms with Gasteiger partial charge in [0.05, 0.1) is 0 Å². The molecule has 0 aromatic heterocycles. The van der Waals surface area contributed by atoms with Gasteiger partial charge in [-0.1, -0.05) is 65.5 Å². The maximum atomic E-state index is 12.3. The van der Waals surface area contributed by atoms with Crippen LogP contribution in [0.4, 0.5) is 0 Å². The molecule has 4 unspecified atom stereocenters. The van der Waals surface area contributed by atoms with Gasteiger partial charge in [-0.25, -0.2) is 0 Å². The summed E-state index contributed by atoms with van der Waals surface area (Å²) in [5.74, 6) is 7.77. The minimum Gasteiger partial charge on any atom is -0.462 e. The van der Waals surface area contributed by atoms with Crippen molar-refractivity contribution >= 4 is 5.97 Å². The zero-order chi connectivity index (χ0) is 25.2. The molecule has 0 amide bonds. The summed E-state index contributed by atoms with van der Waals surface area (Å²) in [5.41, 5.74) is 2.47. The summed E-state index contributed by atoms with van der Waals surface area (Å²) in [6.07, 6.45) is 24.2. The molecule has 0 N–H and O–H groups in total. The maximum absolute atomic E-state index is 12.3. The van der Waals surface area contributed by atoms with Crippen LogP contribution in [0.3, 0.4) is 0 Å². The molecule has 0 aromatic carbocycles. The lowest BCUT2D eigenvalue weighted by atomic mass is 9.47. The zero-order valence-electron chi connectivity index (χ0n) is 23.4. The Balaban J connectivity index is 1.39. The molecule has 0 aliphatic heterocycles. The first-order chi connectivity index (χ1) is 16.7. The molecule has 35 heavy (non-hydrogen) atoms. The van der Waals surface area contributed by atoms with Crippen LogP contribution in [0.2, 0.25) is 0 Å². The molecule has 0 heterocycles. The van der Waals surface area contributed by atoms with E-state index in [1.165, 1.54) is 57.8 Å². The standard InChI is InChI=1S/C33H52O2/c1-7-8-9-13-31(34)35-26-18-20-32(5)25(22-26)14-15-27-29-17-16-28(24(4)12-10-11-23(2)3)33(29,6)21-19-30(27)32/h1,14,23-24,26-30H,8-13,15-22H2,2-6H3/t24-,26?,27?,28-,29?,30?,32+,33-/m1/s1. The number of ether oxygens (including phenoxy) is 1. The molecule has 8 atom stereocenters. The van der Waals surface area contributed by atoms with Crippen LogP contribution in [0.25, 0.3) is 0 Å². The molecule has 0 aromatic rings. The Morgan fingerprint density at radius 1 is 1.09 bits per heavy atom. The Kier molecular flexibility index (Phi) is 8.45. The van der Waals surface area contributed by atoms with E-state index in [-0.39, 0.29) is 12.1 Å². The number of allylic oxidation sites excluding steroid dienone is 1. The van der Waals surface area contributed by atoms with Gasteiger partial charge in [0.25, 0.3) is 0 Å². The van der Waals surface area contributed by atoms with Gasteiger partial charge < -0.3 is 4.74 Å². The molecule has 4 aliphatic rings. The highest BCUT2D eigenvalue weighted by Crippen LogP contribution is 2.67. The van der Waals surface area contributed by atoms with E-state index in [9.17, 15) is 4.79 Å². The van der Waals surface area contributed by atoms with Crippen LogP contribution >= 0.6 is 0 Å². The van der Waals surface area contributed by atoms with Gasteiger partial charge in [-0.05, 0) is 97.7 Å². The van der Waals surface area contributed by atoms with Crippen molar-refractivity contribution in [3.63, 3.8) is 0 Å². The van der Waals surface area contributed by atoms with E-state index in [2.05, 4.69) is 46.6 Å². The first-order valence-electron chi connectivity index (χ1n) is 15.0. The third-order valence-electron chi connectivity index (χ3n) is 11.3. The highest BCUT2D eigenvalue weighted by molar-refractivity contribution is 5.69. The lowest BCUT2D eigenvalue weighted by Gasteiger charge is -2.58. The molecule has 0 radical (unpaired) electrons. The van der Waals surface area contributed by atoms with E-state index in [0.29, 0.717) is 23.7 Å². The van der Waals surface area contributed by atoms with E-state index < -0.39 is 0 Å². The highest BCUT2D eigenvalue weighted by Gasteiger charge is 2.59. The van der Waals surface area contributed by atoms with Gasteiger partial charge >= 0.3 is 5.97 Å². The Labute approximate surface area is 216 Å². The summed E-state index contributed by atoms with van der Waals surface area (Å²) in [6, 6.07) is 0.